The van der Waals surface area contributed by atoms with Gasteiger partial charge in [0.15, 0.2) is 5.76 Å². The van der Waals surface area contributed by atoms with Gasteiger partial charge < -0.3 is 15.1 Å². The molecular formula is C24H24N2O2. The van der Waals surface area contributed by atoms with Crippen LogP contribution in [-0.2, 0) is 0 Å². The van der Waals surface area contributed by atoms with E-state index in [0.29, 0.717) is 23.5 Å². The molecule has 0 aliphatic heterocycles. The lowest BCUT2D eigenvalue weighted by Gasteiger charge is -2.06. The summed E-state index contributed by atoms with van der Waals surface area (Å²) in [6.07, 6.45) is 4.00. The Morgan fingerprint density at radius 2 is 1.75 bits per heavy atom. The van der Waals surface area contributed by atoms with Crippen LogP contribution in [-0.4, -0.2) is 18.5 Å². The molecule has 0 spiro atoms. The third kappa shape index (κ3) is 3.87. The second-order valence-corrected chi connectivity index (χ2v) is 7.91. The highest BCUT2D eigenvalue weighted by Crippen LogP contribution is 2.42. The predicted octanol–water partition coefficient (Wildman–Crippen LogP) is 5.05. The molecule has 0 bridgehead atoms. The number of nitrogens with one attached hydrogen (secondary N) is 2. The van der Waals surface area contributed by atoms with Crippen molar-refractivity contribution < 1.29 is 9.21 Å². The van der Waals surface area contributed by atoms with Gasteiger partial charge in [-0.25, -0.2) is 0 Å². The van der Waals surface area contributed by atoms with E-state index in [1.807, 2.05) is 48.5 Å². The Balaban J connectivity index is 1.18. The number of amides is 1. The summed E-state index contributed by atoms with van der Waals surface area (Å²) in [7, 11) is 0. The molecule has 2 aliphatic rings. The zero-order chi connectivity index (χ0) is 18.9. The number of carbonyl (C=O) groups excluding carboxylic acids is 1. The van der Waals surface area contributed by atoms with Crippen molar-refractivity contribution >= 4 is 11.6 Å². The first-order valence-corrected chi connectivity index (χ1v) is 10.1. The molecule has 0 saturated heterocycles. The summed E-state index contributed by atoms with van der Waals surface area (Å²) in [6.45, 7) is 1.17. The molecule has 2 atom stereocenters. The molecule has 3 aromatic rings. The first-order valence-electron chi connectivity index (χ1n) is 10.1. The number of hydrogen-bond acceptors (Lipinski definition) is 3. The highest BCUT2D eigenvalue weighted by Gasteiger charge is 2.38. The minimum Gasteiger partial charge on any atom is -0.451 e. The smallest absolute Gasteiger partial charge is 0.291 e. The summed E-state index contributed by atoms with van der Waals surface area (Å²) in [5.74, 6) is 2.31. The number of benzene rings is 2. The van der Waals surface area contributed by atoms with Gasteiger partial charge in [0.25, 0.3) is 5.91 Å². The maximum absolute atomic E-state index is 12.5. The van der Waals surface area contributed by atoms with Crippen LogP contribution in [0.5, 0.6) is 0 Å². The van der Waals surface area contributed by atoms with Gasteiger partial charge in [-0.2, -0.15) is 0 Å². The van der Waals surface area contributed by atoms with Crippen LogP contribution in [0.15, 0.2) is 71.1 Å². The van der Waals surface area contributed by atoms with Crippen molar-refractivity contribution in [3.05, 3.63) is 78.1 Å². The van der Waals surface area contributed by atoms with Crippen LogP contribution in [0.1, 0.15) is 41.3 Å². The van der Waals surface area contributed by atoms with Crippen molar-refractivity contribution in [3.63, 3.8) is 0 Å². The molecule has 2 fully saturated rings. The molecule has 142 valence electrons. The van der Waals surface area contributed by atoms with E-state index in [1.54, 1.807) is 6.07 Å². The van der Waals surface area contributed by atoms with Gasteiger partial charge in [0.2, 0.25) is 0 Å². The van der Waals surface area contributed by atoms with E-state index < -0.39 is 0 Å². The molecule has 2 N–H and O–H groups in total. The van der Waals surface area contributed by atoms with Crippen molar-refractivity contribution in [3.8, 4) is 11.3 Å². The summed E-state index contributed by atoms with van der Waals surface area (Å²) < 4.78 is 5.72. The standard InChI is InChI=1S/C24H24N2O2/c27-24(23-13-12-22(28-23)18-4-2-1-3-5-18)26-19-10-8-17(9-11-19)20-14-21(20)25-15-16-6-7-16/h1-5,8-13,16,20-21,25H,6-7,14-15H2,(H,26,27)/t20-,21+/m0/s1. The Kier molecular flexibility index (Phi) is 4.49. The van der Waals surface area contributed by atoms with Crippen LogP contribution in [0.2, 0.25) is 0 Å². The molecule has 0 radical (unpaired) electrons. The minimum atomic E-state index is -0.231. The topological polar surface area (TPSA) is 54.3 Å². The Labute approximate surface area is 165 Å². The first kappa shape index (κ1) is 17.3. The van der Waals surface area contributed by atoms with E-state index in [0.717, 1.165) is 17.2 Å². The van der Waals surface area contributed by atoms with Crippen molar-refractivity contribution in [2.75, 3.05) is 11.9 Å². The highest BCUT2D eigenvalue weighted by atomic mass is 16.3. The molecule has 1 aromatic heterocycles. The molecule has 2 saturated carbocycles. The molecule has 1 amide bonds. The zero-order valence-electron chi connectivity index (χ0n) is 15.7. The number of rotatable bonds is 7. The van der Waals surface area contributed by atoms with Gasteiger partial charge in [0, 0.05) is 23.2 Å². The lowest BCUT2D eigenvalue weighted by atomic mass is 10.1. The summed E-state index contributed by atoms with van der Waals surface area (Å²) in [4.78, 5) is 12.5. The molecule has 0 unspecified atom stereocenters. The Morgan fingerprint density at radius 3 is 2.50 bits per heavy atom. The van der Waals surface area contributed by atoms with Gasteiger partial charge in [-0.3, -0.25) is 4.79 Å². The average molecular weight is 372 g/mol. The molecular weight excluding hydrogens is 348 g/mol. The Bertz CT molecular complexity index is 958. The van der Waals surface area contributed by atoms with Gasteiger partial charge in [-0.05, 0) is 61.6 Å². The van der Waals surface area contributed by atoms with Gasteiger partial charge in [-0.15, -0.1) is 0 Å². The lowest BCUT2D eigenvalue weighted by Crippen LogP contribution is -2.20. The maximum atomic E-state index is 12.5. The Hall–Kier alpha value is -2.85. The van der Waals surface area contributed by atoms with Crippen LogP contribution < -0.4 is 10.6 Å². The molecule has 4 nitrogen and oxygen atoms in total. The van der Waals surface area contributed by atoms with E-state index in [4.69, 9.17) is 4.42 Å². The first-order chi connectivity index (χ1) is 13.8. The number of furan rings is 1. The SMILES string of the molecule is O=C(Nc1ccc([C@@H]2C[C@H]2NCC2CC2)cc1)c1ccc(-c2ccccc2)o1. The molecule has 1 heterocycles. The van der Waals surface area contributed by atoms with Crippen LogP contribution in [0, 0.1) is 5.92 Å². The van der Waals surface area contributed by atoms with Crippen molar-refractivity contribution in [2.24, 2.45) is 5.92 Å². The molecule has 2 aromatic carbocycles. The fraction of sp³-hybridized carbons (Fsp3) is 0.292. The number of anilines is 1. The van der Waals surface area contributed by atoms with Gasteiger partial charge in [0.05, 0.1) is 0 Å². The van der Waals surface area contributed by atoms with Gasteiger partial charge in [-0.1, -0.05) is 42.5 Å². The average Bonchev–Trinajstić information content (AvgIpc) is 3.65. The number of hydrogen-bond donors (Lipinski definition) is 2. The maximum Gasteiger partial charge on any atom is 0.291 e. The highest BCUT2D eigenvalue weighted by molar-refractivity contribution is 6.02. The van der Waals surface area contributed by atoms with Crippen LogP contribution in [0.3, 0.4) is 0 Å². The third-order valence-corrected chi connectivity index (χ3v) is 5.64. The van der Waals surface area contributed by atoms with E-state index in [-0.39, 0.29) is 5.91 Å². The second kappa shape index (κ2) is 7.28. The summed E-state index contributed by atoms with van der Waals surface area (Å²) >= 11 is 0. The molecule has 2 aliphatic carbocycles. The molecule has 4 heteroatoms. The molecule has 5 rings (SSSR count). The summed E-state index contributed by atoms with van der Waals surface area (Å²) in [5.41, 5.74) is 3.09. The van der Waals surface area contributed by atoms with Crippen LogP contribution in [0.25, 0.3) is 11.3 Å². The van der Waals surface area contributed by atoms with Crippen molar-refractivity contribution in [2.45, 2.75) is 31.2 Å². The third-order valence-electron chi connectivity index (χ3n) is 5.64. The van der Waals surface area contributed by atoms with E-state index in [1.165, 1.54) is 31.4 Å². The fourth-order valence-corrected chi connectivity index (χ4v) is 3.65. The molecule has 28 heavy (non-hydrogen) atoms. The van der Waals surface area contributed by atoms with E-state index in [9.17, 15) is 4.79 Å². The predicted molar refractivity (Wildman–Crippen MR) is 110 cm³/mol. The zero-order valence-corrected chi connectivity index (χ0v) is 15.7. The van der Waals surface area contributed by atoms with Gasteiger partial charge in [0.1, 0.15) is 5.76 Å². The van der Waals surface area contributed by atoms with E-state index in [2.05, 4.69) is 22.8 Å². The van der Waals surface area contributed by atoms with Crippen molar-refractivity contribution in [1.29, 1.82) is 0 Å². The lowest BCUT2D eigenvalue weighted by molar-refractivity contribution is 0.0997. The van der Waals surface area contributed by atoms with Crippen molar-refractivity contribution in [1.82, 2.24) is 5.32 Å². The van der Waals surface area contributed by atoms with Gasteiger partial charge >= 0.3 is 0 Å². The van der Waals surface area contributed by atoms with Crippen LogP contribution in [0.4, 0.5) is 5.69 Å². The largest absolute Gasteiger partial charge is 0.451 e. The Morgan fingerprint density at radius 1 is 0.964 bits per heavy atom. The second-order valence-electron chi connectivity index (χ2n) is 7.91. The monoisotopic (exact) mass is 372 g/mol. The summed E-state index contributed by atoms with van der Waals surface area (Å²) in [6, 6.07) is 22.1. The normalized spacial score (nSPS) is 20.7. The quantitative estimate of drug-likeness (QED) is 0.610. The van der Waals surface area contributed by atoms with Crippen LogP contribution >= 0.6 is 0 Å². The fourth-order valence-electron chi connectivity index (χ4n) is 3.65. The minimum absolute atomic E-state index is 0.231. The van der Waals surface area contributed by atoms with E-state index >= 15 is 0 Å². The summed E-state index contributed by atoms with van der Waals surface area (Å²) in [5, 5.41) is 6.59. The number of carbonyl (C=O) groups is 1.